The first-order chi connectivity index (χ1) is 10.7. The molecule has 132 valence electrons. The van der Waals surface area contributed by atoms with E-state index in [2.05, 4.69) is 0 Å². The summed E-state index contributed by atoms with van der Waals surface area (Å²) in [5, 5.41) is 26.5. The Morgan fingerprint density at radius 3 is 1.96 bits per heavy atom. The predicted octanol–water partition coefficient (Wildman–Crippen LogP) is 2.60. The Morgan fingerprint density at radius 1 is 1.13 bits per heavy atom. The van der Waals surface area contributed by atoms with Crippen LogP contribution in [0.2, 0.25) is 0 Å². The second-order valence-electron chi connectivity index (χ2n) is 5.47. The van der Waals surface area contributed by atoms with E-state index in [1.165, 1.54) is 0 Å². The molecule has 0 aliphatic carbocycles. The van der Waals surface area contributed by atoms with Crippen LogP contribution < -0.4 is 0 Å². The van der Waals surface area contributed by atoms with Crippen molar-refractivity contribution in [2.24, 2.45) is 0 Å². The average molecular weight is 348 g/mol. The van der Waals surface area contributed by atoms with Crippen molar-refractivity contribution in [3.05, 3.63) is 0 Å². The SMILES string of the molecule is CC(C)N(C(C)C)P(OCCC#N)OC(CC(=O)O)CC(=O)O. The predicted molar refractivity (Wildman–Crippen MR) is 84.6 cm³/mol. The van der Waals surface area contributed by atoms with Gasteiger partial charge in [-0.05, 0) is 27.7 Å². The van der Waals surface area contributed by atoms with E-state index in [1.54, 1.807) is 0 Å². The molecular weight excluding hydrogens is 323 g/mol. The fourth-order valence-electron chi connectivity index (χ4n) is 1.96. The van der Waals surface area contributed by atoms with Crippen molar-refractivity contribution in [3.8, 4) is 6.07 Å². The lowest BCUT2D eigenvalue weighted by Gasteiger charge is -2.37. The van der Waals surface area contributed by atoms with Crippen LogP contribution in [0.5, 0.6) is 0 Å². The second kappa shape index (κ2) is 11.3. The Kier molecular flexibility index (Phi) is 10.7. The third kappa shape index (κ3) is 9.47. The first kappa shape index (κ1) is 21.7. The van der Waals surface area contributed by atoms with E-state index >= 15 is 0 Å². The molecule has 0 saturated carbocycles. The van der Waals surface area contributed by atoms with Gasteiger partial charge in [-0.15, -0.1) is 0 Å². The highest BCUT2D eigenvalue weighted by Gasteiger charge is 2.31. The third-order valence-electron chi connectivity index (χ3n) is 2.71. The van der Waals surface area contributed by atoms with Crippen LogP contribution in [-0.4, -0.2) is 51.6 Å². The molecular formula is C14H25N2O6P. The lowest BCUT2D eigenvalue weighted by Crippen LogP contribution is -2.35. The second-order valence-corrected chi connectivity index (χ2v) is 6.88. The minimum atomic E-state index is -1.66. The van der Waals surface area contributed by atoms with Gasteiger partial charge in [-0.2, -0.15) is 5.26 Å². The van der Waals surface area contributed by atoms with Gasteiger partial charge in [0.05, 0.1) is 38.0 Å². The van der Waals surface area contributed by atoms with Gasteiger partial charge >= 0.3 is 11.9 Å². The third-order valence-corrected chi connectivity index (χ3v) is 4.89. The highest BCUT2D eigenvalue weighted by Crippen LogP contribution is 2.47. The smallest absolute Gasteiger partial charge is 0.306 e. The number of carboxylic acids is 2. The van der Waals surface area contributed by atoms with E-state index < -0.39 is 39.4 Å². The largest absolute Gasteiger partial charge is 0.481 e. The number of hydrogen-bond donors (Lipinski definition) is 2. The van der Waals surface area contributed by atoms with Crippen LogP contribution >= 0.6 is 8.53 Å². The maximum absolute atomic E-state index is 10.9. The van der Waals surface area contributed by atoms with Gasteiger partial charge in [0.1, 0.15) is 0 Å². The van der Waals surface area contributed by atoms with Gasteiger partial charge in [-0.1, -0.05) is 0 Å². The molecule has 0 fully saturated rings. The molecule has 0 rings (SSSR count). The van der Waals surface area contributed by atoms with Gasteiger partial charge in [0.2, 0.25) is 0 Å². The van der Waals surface area contributed by atoms with Crippen LogP contribution in [0, 0.1) is 11.3 Å². The first-order valence-electron chi connectivity index (χ1n) is 7.37. The summed E-state index contributed by atoms with van der Waals surface area (Å²) in [6, 6.07) is 2.07. The van der Waals surface area contributed by atoms with Crippen molar-refractivity contribution in [1.82, 2.24) is 4.67 Å². The molecule has 0 aliphatic rings. The molecule has 0 bridgehead atoms. The van der Waals surface area contributed by atoms with E-state index in [1.807, 2.05) is 38.4 Å². The molecule has 9 heteroatoms. The molecule has 0 spiro atoms. The Bertz CT molecular complexity index is 400. The number of aliphatic carboxylic acids is 2. The molecule has 23 heavy (non-hydrogen) atoms. The summed E-state index contributed by atoms with van der Waals surface area (Å²) >= 11 is 0. The number of carbonyl (C=O) groups is 2. The van der Waals surface area contributed by atoms with Crippen molar-refractivity contribution in [1.29, 1.82) is 5.26 Å². The van der Waals surface area contributed by atoms with Crippen LogP contribution in [0.3, 0.4) is 0 Å². The van der Waals surface area contributed by atoms with Crippen LogP contribution in [0.15, 0.2) is 0 Å². The number of rotatable bonds is 12. The van der Waals surface area contributed by atoms with Gasteiger partial charge in [-0.25, -0.2) is 4.67 Å². The minimum Gasteiger partial charge on any atom is -0.481 e. The lowest BCUT2D eigenvalue weighted by molar-refractivity contribution is -0.141. The Hall–Kier alpha value is -1.26. The van der Waals surface area contributed by atoms with Gasteiger partial charge in [0, 0.05) is 12.1 Å². The van der Waals surface area contributed by atoms with Gasteiger partial charge in [-0.3, -0.25) is 9.59 Å². The zero-order chi connectivity index (χ0) is 18.0. The highest BCUT2D eigenvalue weighted by molar-refractivity contribution is 7.44. The fraction of sp³-hybridized carbons (Fsp3) is 0.786. The zero-order valence-corrected chi connectivity index (χ0v) is 14.8. The average Bonchev–Trinajstić information content (AvgIpc) is 2.36. The lowest BCUT2D eigenvalue weighted by atomic mass is 10.2. The van der Waals surface area contributed by atoms with E-state index in [0.717, 1.165) is 0 Å². The van der Waals surface area contributed by atoms with Crippen molar-refractivity contribution in [2.75, 3.05) is 6.61 Å². The summed E-state index contributed by atoms with van der Waals surface area (Å²) in [6.07, 6.45) is -1.65. The van der Waals surface area contributed by atoms with Crippen LogP contribution in [-0.2, 0) is 18.6 Å². The molecule has 1 unspecified atom stereocenters. The normalized spacial score (nSPS) is 12.8. The first-order valence-corrected chi connectivity index (χ1v) is 8.50. The number of nitriles is 1. The van der Waals surface area contributed by atoms with E-state index in [-0.39, 0.29) is 25.1 Å². The molecule has 0 aliphatic heterocycles. The zero-order valence-electron chi connectivity index (χ0n) is 13.9. The van der Waals surface area contributed by atoms with Crippen molar-refractivity contribution >= 4 is 20.5 Å². The Morgan fingerprint density at radius 2 is 1.61 bits per heavy atom. The standard InChI is InChI=1S/C14H25N2O6P/c1-10(2)16(11(3)4)23(21-7-5-6-15)22-12(8-13(17)18)9-14(19)20/h10-12H,5,7-9H2,1-4H3,(H,17,18)(H,19,20). The molecule has 0 aromatic carbocycles. The molecule has 2 N–H and O–H groups in total. The molecule has 0 amide bonds. The molecule has 1 atom stereocenters. The van der Waals surface area contributed by atoms with Crippen molar-refractivity contribution in [2.45, 2.75) is 65.1 Å². The topological polar surface area (TPSA) is 120 Å². The Labute approximate surface area is 138 Å². The molecule has 8 nitrogen and oxygen atoms in total. The summed E-state index contributed by atoms with van der Waals surface area (Å²) < 4.78 is 13.2. The summed E-state index contributed by atoms with van der Waals surface area (Å²) in [4.78, 5) is 21.8. The number of hydrogen-bond acceptors (Lipinski definition) is 6. The van der Waals surface area contributed by atoms with Crippen LogP contribution in [0.25, 0.3) is 0 Å². The van der Waals surface area contributed by atoms with Crippen molar-refractivity contribution in [3.63, 3.8) is 0 Å². The van der Waals surface area contributed by atoms with Gasteiger partial charge in [0.15, 0.2) is 0 Å². The Balaban J connectivity index is 5.16. The van der Waals surface area contributed by atoms with E-state index in [4.69, 9.17) is 24.5 Å². The number of carboxylic acid groups (broad SMARTS) is 2. The highest BCUT2D eigenvalue weighted by atomic mass is 31.2. The summed E-state index contributed by atoms with van der Waals surface area (Å²) in [5.74, 6) is -2.27. The summed E-state index contributed by atoms with van der Waals surface area (Å²) in [7, 11) is -1.66. The van der Waals surface area contributed by atoms with Crippen LogP contribution in [0.1, 0.15) is 47.0 Å². The molecule has 0 radical (unpaired) electrons. The summed E-state index contributed by atoms with van der Waals surface area (Å²) in [6.45, 7) is 7.90. The van der Waals surface area contributed by atoms with Crippen LogP contribution in [0.4, 0.5) is 0 Å². The molecule has 0 aromatic rings. The maximum Gasteiger partial charge on any atom is 0.306 e. The quantitative estimate of drug-likeness (QED) is 0.408. The van der Waals surface area contributed by atoms with E-state index in [9.17, 15) is 9.59 Å². The summed E-state index contributed by atoms with van der Waals surface area (Å²) in [5.41, 5.74) is 0. The van der Waals surface area contributed by atoms with Gasteiger partial charge < -0.3 is 19.3 Å². The molecule has 0 saturated heterocycles. The van der Waals surface area contributed by atoms with Crippen molar-refractivity contribution < 1.29 is 28.8 Å². The number of nitrogens with zero attached hydrogens (tertiary/aromatic N) is 2. The minimum absolute atomic E-state index is 0.0542. The maximum atomic E-state index is 10.9. The van der Waals surface area contributed by atoms with Gasteiger partial charge in [0.25, 0.3) is 8.53 Å². The molecule has 0 aromatic heterocycles. The molecule has 0 heterocycles. The van der Waals surface area contributed by atoms with E-state index in [0.29, 0.717) is 0 Å². The fourth-order valence-corrected chi connectivity index (χ4v) is 3.67. The monoisotopic (exact) mass is 348 g/mol.